The third-order valence-electron chi connectivity index (χ3n) is 4.80. The number of nitrogens with zero attached hydrogens (tertiary/aromatic N) is 2. The third kappa shape index (κ3) is 4.88. The molecule has 1 aromatic carbocycles. The molecule has 0 unspecified atom stereocenters. The Bertz CT molecular complexity index is 818. The first-order valence-corrected chi connectivity index (χ1v) is 11.0. The molecule has 1 saturated heterocycles. The molecule has 9 heteroatoms. The minimum absolute atomic E-state index is 0.195. The van der Waals surface area contributed by atoms with E-state index in [-0.39, 0.29) is 23.9 Å². The normalized spacial score (nSPS) is 16.1. The summed E-state index contributed by atoms with van der Waals surface area (Å²) >= 11 is 0. The van der Waals surface area contributed by atoms with E-state index in [0.29, 0.717) is 13.1 Å². The highest BCUT2D eigenvalue weighted by Gasteiger charge is 2.28. The van der Waals surface area contributed by atoms with Gasteiger partial charge in [0.1, 0.15) is 5.82 Å². The molecule has 1 aromatic rings. The zero-order valence-corrected chi connectivity index (χ0v) is 17.3. The summed E-state index contributed by atoms with van der Waals surface area (Å²) in [6.45, 7) is 6.51. The van der Waals surface area contributed by atoms with Crippen molar-refractivity contribution < 1.29 is 27.1 Å². The van der Waals surface area contributed by atoms with Gasteiger partial charge in [0.25, 0.3) is 5.91 Å². The van der Waals surface area contributed by atoms with Crippen LogP contribution in [0.5, 0.6) is 0 Å². The van der Waals surface area contributed by atoms with Crippen molar-refractivity contribution in [2.45, 2.75) is 51.0 Å². The summed E-state index contributed by atoms with van der Waals surface area (Å²) in [5.41, 5.74) is -0.508. The van der Waals surface area contributed by atoms with Gasteiger partial charge in [0, 0.05) is 26.2 Å². The van der Waals surface area contributed by atoms with Gasteiger partial charge in [-0.3, -0.25) is 4.79 Å². The second kappa shape index (κ2) is 9.47. The first-order valence-electron chi connectivity index (χ1n) is 9.51. The fourth-order valence-electron chi connectivity index (χ4n) is 3.18. The largest absolute Gasteiger partial charge is 0.449 e. The van der Waals surface area contributed by atoms with Crippen molar-refractivity contribution in [2.75, 3.05) is 26.2 Å². The lowest BCUT2D eigenvalue weighted by atomic mass is 10.1. The average Bonchev–Trinajstić information content (AvgIpc) is 2.68. The third-order valence-corrected chi connectivity index (χ3v) is 6.85. The highest BCUT2D eigenvalue weighted by atomic mass is 32.2. The van der Waals surface area contributed by atoms with Gasteiger partial charge in [0.2, 0.25) is 10.0 Å². The van der Waals surface area contributed by atoms with E-state index in [9.17, 15) is 22.4 Å². The lowest BCUT2D eigenvalue weighted by Gasteiger charge is -2.29. The molecule has 28 heavy (non-hydrogen) atoms. The number of benzene rings is 1. The van der Waals surface area contributed by atoms with Crippen molar-refractivity contribution in [3.63, 3.8) is 0 Å². The molecule has 1 heterocycles. The molecule has 1 aliphatic rings. The Morgan fingerprint density at radius 2 is 1.79 bits per heavy atom. The number of rotatable bonds is 7. The van der Waals surface area contributed by atoms with E-state index in [1.54, 1.807) is 18.7 Å². The number of hydrogen-bond donors (Lipinski definition) is 0. The van der Waals surface area contributed by atoms with Crippen LogP contribution < -0.4 is 0 Å². The highest BCUT2D eigenvalue weighted by molar-refractivity contribution is 7.89. The molecule has 1 atom stereocenters. The van der Waals surface area contributed by atoms with Crippen LogP contribution in [0.25, 0.3) is 0 Å². The maximum absolute atomic E-state index is 14.2. The molecule has 0 bridgehead atoms. The second-order valence-electron chi connectivity index (χ2n) is 6.66. The monoisotopic (exact) mass is 414 g/mol. The second-order valence-corrected chi connectivity index (χ2v) is 8.60. The van der Waals surface area contributed by atoms with E-state index in [2.05, 4.69) is 0 Å². The predicted molar refractivity (Wildman–Crippen MR) is 102 cm³/mol. The molecule has 0 aliphatic carbocycles. The minimum atomic E-state index is -3.85. The van der Waals surface area contributed by atoms with Crippen LogP contribution in [0.4, 0.5) is 4.39 Å². The number of esters is 1. The molecule has 0 radical (unpaired) electrons. The quantitative estimate of drug-likeness (QED) is 0.640. The zero-order chi connectivity index (χ0) is 20.9. The Kier molecular flexibility index (Phi) is 7.54. The summed E-state index contributed by atoms with van der Waals surface area (Å²) < 4.78 is 45.7. The fraction of sp³-hybridized carbons (Fsp3) is 0.579. The Balaban J connectivity index is 2.20. The van der Waals surface area contributed by atoms with E-state index in [4.69, 9.17) is 4.74 Å². The Morgan fingerprint density at radius 1 is 1.18 bits per heavy atom. The van der Waals surface area contributed by atoms with Crippen molar-refractivity contribution >= 4 is 21.9 Å². The Labute approximate surface area is 165 Å². The van der Waals surface area contributed by atoms with Gasteiger partial charge >= 0.3 is 5.97 Å². The van der Waals surface area contributed by atoms with E-state index < -0.39 is 33.5 Å². The van der Waals surface area contributed by atoms with Gasteiger partial charge in [0.15, 0.2) is 6.10 Å². The summed E-state index contributed by atoms with van der Waals surface area (Å²) in [6.07, 6.45) is 1.77. The van der Waals surface area contributed by atoms with Crippen LogP contribution in [-0.2, 0) is 19.6 Å². The molecule has 0 spiro atoms. The van der Waals surface area contributed by atoms with Gasteiger partial charge in [-0.15, -0.1) is 0 Å². The molecule has 156 valence electrons. The van der Waals surface area contributed by atoms with E-state index in [0.717, 1.165) is 37.5 Å². The molecule has 1 aliphatic heterocycles. The molecular weight excluding hydrogens is 387 g/mol. The van der Waals surface area contributed by atoms with Crippen molar-refractivity contribution in [2.24, 2.45) is 0 Å². The first-order chi connectivity index (χ1) is 13.2. The van der Waals surface area contributed by atoms with E-state index in [1.165, 1.54) is 11.2 Å². The molecule has 7 nitrogen and oxygen atoms in total. The smallest absolute Gasteiger partial charge is 0.341 e. The fourth-order valence-corrected chi connectivity index (χ4v) is 4.66. The predicted octanol–water partition coefficient (Wildman–Crippen LogP) is 2.41. The van der Waals surface area contributed by atoms with Gasteiger partial charge < -0.3 is 9.64 Å². The van der Waals surface area contributed by atoms with Gasteiger partial charge in [-0.1, -0.05) is 13.8 Å². The van der Waals surface area contributed by atoms with Crippen LogP contribution in [-0.4, -0.2) is 61.8 Å². The number of halogens is 1. The Morgan fingerprint density at radius 3 is 2.36 bits per heavy atom. The van der Waals surface area contributed by atoms with Crippen LogP contribution in [0, 0.1) is 5.82 Å². The van der Waals surface area contributed by atoms with Gasteiger partial charge in [0.05, 0.1) is 10.5 Å². The Hall–Kier alpha value is -2.00. The number of carbonyl (C=O) groups excluding carboxylic acids is 2. The van der Waals surface area contributed by atoms with Crippen molar-refractivity contribution in [1.82, 2.24) is 9.21 Å². The lowest BCUT2D eigenvalue weighted by Crippen LogP contribution is -2.42. The van der Waals surface area contributed by atoms with E-state index in [1.807, 2.05) is 0 Å². The van der Waals surface area contributed by atoms with Crippen molar-refractivity contribution in [3.8, 4) is 0 Å². The topological polar surface area (TPSA) is 84.0 Å². The molecule has 0 saturated carbocycles. The van der Waals surface area contributed by atoms with Gasteiger partial charge in [-0.05, 0) is 44.4 Å². The van der Waals surface area contributed by atoms with Crippen molar-refractivity contribution in [3.05, 3.63) is 29.6 Å². The summed E-state index contributed by atoms with van der Waals surface area (Å²) in [6, 6.07) is 3.00. The number of carbonyl (C=O) groups is 2. The SMILES string of the molecule is CCN(CC)S(=O)(=O)c1ccc(F)c(C(=O)O[C@@H](C)C(=O)N2CCCCC2)c1. The van der Waals surface area contributed by atoms with Crippen LogP contribution >= 0.6 is 0 Å². The van der Waals surface area contributed by atoms with Crippen LogP contribution in [0.1, 0.15) is 50.4 Å². The lowest BCUT2D eigenvalue weighted by molar-refractivity contribution is -0.140. The number of sulfonamides is 1. The molecule has 0 N–H and O–H groups in total. The number of hydrogen-bond acceptors (Lipinski definition) is 5. The highest BCUT2D eigenvalue weighted by Crippen LogP contribution is 2.21. The summed E-state index contributed by atoms with van der Waals surface area (Å²) in [5, 5.41) is 0. The standard InChI is InChI=1S/C19H27FN2O5S/c1-4-22(5-2)28(25,26)15-9-10-17(20)16(13-15)19(24)27-14(3)18(23)21-11-7-6-8-12-21/h9-10,13-14H,4-8,11-12H2,1-3H3/t14-/m0/s1. The molecule has 1 amide bonds. The number of piperidine rings is 1. The first kappa shape index (κ1) is 22.3. The number of amides is 1. The van der Waals surface area contributed by atoms with Crippen LogP contribution in [0.15, 0.2) is 23.1 Å². The van der Waals surface area contributed by atoms with Crippen molar-refractivity contribution in [1.29, 1.82) is 0 Å². The molecule has 1 fully saturated rings. The number of likely N-dealkylation sites (tertiary alicyclic amines) is 1. The maximum atomic E-state index is 14.2. The van der Waals surface area contributed by atoms with E-state index >= 15 is 0 Å². The summed E-state index contributed by atoms with van der Waals surface area (Å²) in [7, 11) is -3.85. The maximum Gasteiger partial charge on any atom is 0.341 e. The summed E-state index contributed by atoms with van der Waals surface area (Å²) in [5.74, 6) is -2.30. The van der Waals surface area contributed by atoms with Crippen LogP contribution in [0.2, 0.25) is 0 Å². The molecular formula is C19H27FN2O5S. The van der Waals surface area contributed by atoms with Crippen LogP contribution in [0.3, 0.4) is 0 Å². The molecule has 2 rings (SSSR count). The average molecular weight is 414 g/mol. The minimum Gasteiger partial charge on any atom is -0.449 e. The van der Waals surface area contributed by atoms with Gasteiger partial charge in [-0.2, -0.15) is 4.31 Å². The number of ether oxygens (including phenoxy) is 1. The molecule has 0 aromatic heterocycles. The van der Waals surface area contributed by atoms with Gasteiger partial charge in [-0.25, -0.2) is 17.6 Å². The summed E-state index contributed by atoms with van der Waals surface area (Å²) in [4.78, 5) is 26.2. The zero-order valence-electron chi connectivity index (χ0n) is 16.5.